The highest BCUT2D eigenvalue weighted by atomic mass is 19.4. The van der Waals surface area contributed by atoms with Gasteiger partial charge in [0, 0.05) is 12.8 Å². The molecule has 0 aliphatic carbocycles. The predicted molar refractivity (Wildman–Crippen MR) is 212 cm³/mol. The van der Waals surface area contributed by atoms with Crippen LogP contribution in [0.3, 0.4) is 0 Å². The van der Waals surface area contributed by atoms with Gasteiger partial charge < -0.3 is 9.47 Å². The van der Waals surface area contributed by atoms with Crippen LogP contribution in [0.15, 0.2) is 0 Å². The van der Waals surface area contributed by atoms with Crippen molar-refractivity contribution < 1.29 is 234 Å². The Morgan fingerprint density at radius 1 is 0.240 bits per heavy atom. The van der Waals surface area contributed by atoms with E-state index < -0.39 is 193 Å². The lowest BCUT2D eigenvalue weighted by Gasteiger charge is -2.48. The Hall–Kier alpha value is -4.49. The van der Waals surface area contributed by atoms with E-state index in [2.05, 4.69) is 9.47 Å². The molecule has 4 nitrogen and oxygen atoms in total. The number of ether oxygens (including phenoxy) is 2. The van der Waals surface area contributed by atoms with Crippen molar-refractivity contribution in [1.29, 1.82) is 0 Å². The second kappa shape index (κ2) is 26.8. The maximum atomic E-state index is 15.1. The Kier molecular flexibility index (Phi) is 25.5. The molecule has 0 aromatic heterocycles. The van der Waals surface area contributed by atoms with Gasteiger partial charge in [-0.15, -0.1) is 0 Å². The van der Waals surface area contributed by atoms with Crippen LogP contribution in [-0.4, -0.2) is 167 Å². The van der Waals surface area contributed by atoms with Crippen molar-refractivity contribution in [2.75, 3.05) is 6.61 Å². The van der Waals surface area contributed by atoms with E-state index in [1.54, 1.807) is 13.8 Å². The normalized spacial score (nSPS) is 16.5. The zero-order valence-electron chi connectivity index (χ0n) is 45.6. The van der Waals surface area contributed by atoms with E-state index in [0.29, 0.717) is 32.1 Å². The number of hydrogen-bond acceptors (Lipinski definition) is 4. The fourth-order valence-electron chi connectivity index (χ4n) is 7.15. The minimum absolute atomic E-state index is 0.0247. The molecular weight excluding hydrogens is 1510 g/mol. The van der Waals surface area contributed by atoms with Gasteiger partial charge in [0.05, 0.1) is 6.42 Å². The summed E-state index contributed by atoms with van der Waals surface area (Å²) < 4.78 is 704. The fraction of sp³-hybridized carbons (Fsp3) is 0.953. The first-order chi connectivity index (χ1) is 41.5. The number of halogens is 49. The first-order valence-corrected chi connectivity index (χ1v) is 24.6. The maximum Gasteiger partial charge on any atom is 0.460 e. The molecule has 0 radical (unpaired) electrons. The molecule has 0 aliphatic heterocycles. The molecule has 0 N–H and O–H groups in total. The summed E-state index contributed by atoms with van der Waals surface area (Å²) in [6.07, 6.45) is -15.9. The van der Waals surface area contributed by atoms with Crippen LogP contribution >= 0.6 is 0 Å². The Bertz CT molecular complexity index is 2610. The topological polar surface area (TPSA) is 52.6 Å². The quantitative estimate of drug-likeness (QED) is 0.0350. The first-order valence-electron chi connectivity index (χ1n) is 24.6. The molecule has 0 heterocycles. The molecule has 53 heteroatoms. The summed E-state index contributed by atoms with van der Waals surface area (Å²) in [4.78, 5) is 24.3. The van der Waals surface area contributed by atoms with Gasteiger partial charge in [-0.3, -0.25) is 9.59 Å². The molecule has 1 unspecified atom stereocenters. The number of alkyl halides is 49. The minimum Gasteiger partial charge on any atom is -0.462 e. The highest BCUT2D eigenvalue weighted by Crippen LogP contribution is 2.73. The molecule has 1 atom stereocenters. The lowest BCUT2D eigenvalue weighted by molar-refractivity contribution is -0.498. The zero-order valence-corrected chi connectivity index (χ0v) is 45.6. The van der Waals surface area contributed by atoms with Gasteiger partial charge in [-0.1, -0.05) is 65.2 Å². The molecule has 0 saturated heterocycles. The van der Waals surface area contributed by atoms with Gasteiger partial charge in [0.1, 0.15) is 12.7 Å². The van der Waals surface area contributed by atoms with E-state index in [9.17, 15) is 216 Å². The van der Waals surface area contributed by atoms with Crippen molar-refractivity contribution in [1.82, 2.24) is 0 Å². The van der Waals surface area contributed by atoms with E-state index in [4.69, 9.17) is 0 Å². The number of unbranched alkanes of at least 4 members (excludes halogenated alkanes) is 8. The van der Waals surface area contributed by atoms with E-state index in [-0.39, 0.29) is 25.7 Å². The monoisotopic (exact) mass is 1550 g/mol. The first kappa shape index (κ1) is 91.5. The summed E-state index contributed by atoms with van der Waals surface area (Å²) in [6.45, 7) is 1.07. The minimum atomic E-state index is -11.0. The Labute approximate surface area is 499 Å². The summed E-state index contributed by atoms with van der Waals surface area (Å²) in [5, 5.41) is 0. The van der Waals surface area contributed by atoms with Crippen molar-refractivity contribution >= 4 is 11.9 Å². The lowest BCUT2D eigenvalue weighted by Crippen LogP contribution is -2.81. The lowest BCUT2D eigenvalue weighted by atomic mass is 9.81. The number of rotatable bonds is 39. The molecule has 96 heavy (non-hydrogen) atoms. The Morgan fingerprint density at radius 3 is 0.615 bits per heavy atom. The van der Waals surface area contributed by atoms with Crippen LogP contribution in [0.2, 0.25) is 0 Å². The number of carbonyl (C=O) groups is 2. The molecular formula is C43H35F49O4. The summed E-state index contributed by atoms with van der Waals surface area (Å²) in [5.41, 5.74) is 0. The van der Waals surface area contributed by atoms with Crippen molar-refractivity contribution in [3.8, 4) is 0 Å². The fourth-order valence-corrected chi connectivity index (χ4v) is 7.15. The highest BCUT2D eigenvalue weighted by Gasteiger charge is 3.04. The molecule has 0 saturated carbocycles. The standard InChI is InChI=1S/C43H35F49O4/c1-3-5-7-9-11-13-18(93)95-16-17(96-19(94)14-12-10-8-6-4-2)15-20(44,45)21(46,47)22(48,49)23(50,51)24(52,53)25(54,55)26(56,57)27(58,59)28(60,61)29(62,63)30(64,65)31(66,67)32(68,69)33(70,71)34(72,73)35(74,75)36(76,77)37(78,79)38(80,81)39(82,83)40(84,85)41(86,87)42(88,89)43(90,91)92/h17H,3-16H2,1-2H3. The highest BCUT2D eigenvalue weighted by molar-refractivity contribution is 5.70. The van der Waals surface area contributed by atoms with Crippen molar-refractivity contribution in [3.63, 3.8) is 0 Å². The largest absolute Gasteiger partial charge is 0.462 e. The van der Waals surface area contributed by atoms with Gasteiger partial charge in [0.2, 0.25) is 0 Å². The molecule has 0 aliphatic rings. The van der Waals surface area contributed by atoms with Gasteiger partial charge in [0.15, 0.2) is 0 Å². The molecule has 574 valence electrons. The van der Waals surface area contributed by atoms with Gasteiger partial charge in [-0.25, -0.2) is 0 Å². The predicted octanol–water partition coefficient (Wildman–Crippen LogP) is 20.7. The van der Waals surface area contributed by atoms with Crippen molar-refractivity contribution in [2.45, 2.75) is 246 Å². The molecule has 0 aromatic carbocycles. The zero-order chi connectivity index (χ0) is 78.0. The maximum absolute atomic E-state index is 15.1. The summed E-state index contributed by atoms with van der Waals surface area (Å²) >= 11 is 0. The number of hydrogen-bond donors (Lipinski definition) is 0. The Balaban J connectivity index is 8.01. The smallest absolute Gasteiger partial charge is 0.460 e. The molecule has 0 aromatic rings. The number of esters is 2. The third kappa shape index (κ3) is 13.2. The third-order valence-corrected chi connectivity index (χ3v) is 13.3. The average molecular weight is 1550 g/mol. The third-order valence-electron chi connectivity index (χ3n) is 13.3. The van der Waals surface area contributed by atoms with Crippen molar-refractivity contribution in [3.05, 3.63) is 0 Å². The van der Waals surface area contributed by atoms with Crippen LogP contribution in [0.1, 0.15) is 97.3 Å². The molecule has 0 spiro atoms. The SMILES string of the molecule is CCCCCCCC(=O)OCC(CC(F)(F)C(F)(F)C(F)(F)C(F)(F)C(F)(F)C(F)(F)C(F)(F)C(F)(F)C(F)(F)C(F)(F)C(F)(F)C(F)(F)C(F)(F)C(F)(F)C(F)(F)C(F)(F)C(F)(F)C(F)(F)C(F)(F)C(F)(F)C(F)(F)C(F)(F)C(F)(F)C(F)(F)F)OC(=O)CCCCCCC. The van der Waals surface area contributed by atoms with E-state index in [1.807, 2.05) is 0 Å². The summed E-state index contributed by atoms with van der Waals surface area (Å²) in [7, 11) is 0. The van der Waals surface area contributed by atoms with E-state index >= 15 is 8.78 Å². The van der Waals surface area contributed by atoms with Crippen molar-refractivity contribution in [2.24, 2.45) is 0 Å². The van der Waals surface area contributed by atoms with E-state index in [0.717, 1.165) is 0 Å². The van der Waals surface area contributed by atoms with Crippen LogP contribution in [-0.2, 0) is 19.1 Å². The second-order valence-corrected chi connectivity index (χ2v) is 20.2. The summed E-state index contributed by atoms with van der Waals surface area (Å²) in [6, 6.07) is 0. The molecule has 0 fully saturated rings. The van der Waals surface area contributed by atoms with Gasteiger partial charge in [0.25, 0.3) is 0 Å². The number of carbonyl (C=O) groups excluding carboxylic acids is 2. The van der Waals surface area contributed by atoms with Crippen LogP contribution in [0.4, 0.5) is 215 Å². The summed E-state index contributed by atoms with van der Waals surface area (Å²) in [5.74, 6) is -240. The van der Waals surface area contributed by atoms with Gasteiger partial charge >= 0.3 is 154 Å². The van der Waals surface area contributed by atoms with Crippen LogP contribution in [0.25, 0.3) is 0 Å². The van der Waals surface area contributed by atoms with Crippen LogP contribution in [0, 0.1) is 0 Å². The molecule has 0 amide bonds. The Morgan fingerprint density at radius 2 is 0.417 bits per heavy atom. The molecule has 0 bridgehead atoms. The van der Waals surface area contributed by atoms with Crippen LogP contribution < -0.4 is 0 Å². The van der Waals surface area contributed by atoms with Gasteiger partial charge in [-0.05, 0) is 12.8 Å². The van der Waals surface area contributed by atoms with Gasteiger partial charge in [-0.2, -0.15) is 215 Å². The van der Waals surface area contributed by atoms with Crippen LogP contribution in [0.5, 0.6) is 0 Å². The van der Waals surface area contributed by atoms with E-state index in [1.165, 1.54) is 0 Å². The average Bonchev–Trinajstić information content (AvgIpc) is 0.685. The second-order valence-electron chi connectivity index (χ2n) is 20.2. The molecule has 0 rings (SSSR count).